The van der Waals surface area contributed by atoms with Crippen LogP contribution in [-0.4, -0.2) is 18.1 Å². The Labute approximate surface area is 112 Å². The van der Waals surface area contributed by atoms with Gasteiger partial charge in [0.1, 0.15) is 11.9 Å². The molecule has 2 aliphatic rings. The molecule has 100 valence electrons. The molecule has 4 heteroatoms. The molecule has 0 saturated carbocycles. The molecule has 3 nitrogen and oxygen atoms in total. The highest BCUT2D eigenvalue weighted by atomic mass is 19.1. The molecule has 0 spiro atoms. The van der Waals surface area contributed by atoms with Crippen LogP contribution >= 0.6 is 0 Å². The van der Waals surface area contributed by atoms with Gasteiger partial charge in [-0.05, 0) is 50.3 Å². The summed E-state index contributed by atoms with van der Waals surface area (Å²) >= 11 is 0. The van der Waals surface area contributed by atoms with Gasteiger partial charge >= 0.3 is 0 Å². The first-order chi connectivity index (χ1) is 9.19. The molecular formula is C15H18FN3. The standard InChI is InChI=1S/C15H18FN3/c16-15-5-4-14(6-10(15)9-17)19-12-2-1-3-13(19)8-11(18)7-12/h4-6,11-13H,1-3,7-8,18H2. The predicted molar refractivity (Wildman–Crippen MR) is 72.2 cm³/mol. The minimum Gasteiger partial charge on any atom is -0.365 e. The maximum Gasteiger partial charge on any atom is 0.141 e. The lowest BCUT2D eigenvalue weighted by Gasteiger charge is -2.49. The second-order valence-electron chi connectivity index (χ2n) is 5.65. The summed E-state index contributed by atoms with van der Waals surface area (Å²) in [6.45, 7) is 0. The van der Waals surface area contributed by atoms with Gasteiger partial charge in [-0.15, -0.1) is 0 Å². The van der Waals surface area contributed by atoms with Crippen LogP contribution in [0.5, 0.6) is 0 Å². The molecule has 2 aliphatic heterocycles. The zero-order valence-corrected chi connectivity index (χ0v) is 10.8. The first-order valence-electron chi connectivity index (χ1n) is 6.92. The van der Waals surface area contributed by atoms with E-state index in [1.54, 1.807) is 12.1 Å². The van der Waals surface area contributed by atoms with E-state index in [1.165, 1.54) is 12.5 Å². The number of anilines is 1. The first kappa shape index (κ1) is 12.4. The van der Waals surface area contributed by atoms with Gasteiger partial charge in [0.05, 0.1) is 5.56 Å². The summed E-state index contributed by atoms with van der Waals surface area (Å²) in [5.41, 5.74) is 7.21. The number of hydrogen-bond donors (Lipinski definition) is 1. The van der Waals surface area contributed by atoms with Crippen molar-refractivity contribution < 1.29 is 4.39 Å². The number of hydrogen-bond acceptors (Lipinski definition) is 3. The number of nitriles is 1. The normalized spacial score (nSPS) is 29.9. The summed E-state index contributed by atoms with van der Waals surface area (Å²) < 4.78 is 13.4. The van der Waals surface area contributed by atoms with Gasteiger partial charge in [-0.1, -0.05) is 0 Å². The Morgan fingerprint density at radius 3 is 2.58 bits per heavy atom. The van der Waals surface area contributed by atoms with E-state index in [1.807, 2.05) is 6.07 Å². The van der Waals surface area contributed by atoms with Gasteiger partial charge in [0, 0.05) is 23.8 Å². The van der Waals surface area contributed by atoms with Crippen LogP contribution in [0, 0.1) is 17.1 Å². The Bertz CT molecular complexity index is 509. The Balaban J connectivity index is 1.95. The van der Waals surface area contributed by atoms with Crippen molar-refractivity contribution in [3.63, 3.8) is 0 Å². The second-order valence-corrected chi connectivity index (χ2v) is 5.65. The van der Waals surface area contributed by atoms with E-state index in [0.717, 1.165) is 31.4 Å². The summed E-state index contributed by atoms with van der Waals surface area (Å²) in [5.74, 6) is -0.440. The van der Waals surface area contributed by atoms with Crippen LogP contribution in [0.3, 0.4) is 0 Å². The summed E-state index contributed by atoms with van der Waals surface area (Å²) in [5, 5.41) is 8.96. The van der Waals surface area contributed by atoms with Gasteiger partial charge in [-0.3, -0.25) is 0 Å². The van der Waals surface area contributed by atoms with E-state index in [0.29, 0.717) is 12.1 Å². The fourth-order valence-corrected chi connectivity index (χ4v) is 3.60. The highest BCUT2D eigenvalue weighted by Gasteiger charge is 2.37. The third kappa shape index (κ3) is 2.19. The fraction of sp³-hybridized carbons (Fsp3) is 0.533. The van der Waals surface area contributed by atoms with Crippen LogP contribution in [0.4, 0.5) is 10.1 Å². The Morgan fingerprint density at radius 1 is 1.26 bits per heavy atom. The number of piperidine rings is 2. The summed E-state index contributed by atoms with van der Waals surface area (Å²) in [7, 11) is 0. The van der Waals surface area contributed by atoms with Gasteiger partial charge < -0.3 is 10.6 Å². The Morgan fingerprint density at radius 2 is 1.95 bits per heavy atom. The molecule has 1 aromatic carbocycles. The van der Waals surface area contributed by atoms with Crippen molar-refractivity contribution in [1.82, 2.24) is 0 Å². The minimum absolute atomic E-state index is 0.130. The molecule has 2 fully saturated rings. The molecule has 0 radical (unpaired) electrons. The van der Waals surface area contributed by atoms with Crippen molar-refractivity contribution in [2.75, 3.05) is 4.90 Å². The van der Waals surface area contributed by atoms with Crippen LogP contribution in [0.2, 0.25) is 0 Å². The van der Waals surface area contributed by atoms with Crippen molar-refractivity contribution in [2.45, 2.75) is 50.2 Å². The van der Waals surface area contributed by atoms with Crippen LogP contribution < -0.4 is 10.6 Å². The number of nitrogens with zero attached hydrogens (tertiary/aromatic N) is 2. The molecule has 2 unspecified atom stereocenters. The molecule has 0 aliphatic carbocycles. The number of halogens is 1. The molecule has 19 heavy (non-hydrogen) atoms. The average Bonchev–Trinajstić information content (AvgIpc) is 2.38. The lowest BCUT2D eigenvalue weighted by Crippen LogP contribution is -2.55. The maximum atomic E-state index is 13.4. The molecule has 2 atom stereocenters. The molecule has 3 rings (SSSR count). The number of benzene rings is 1. The van der Waals surface area contributed by atoms with E-state index in [2.05, 4.69) is 4.90 Å². The first-order valence-corrected chi connectivity index (χ1v) is 6.92. The second kappa shape index (κ2) is 4.82. The zero-order valence-electron chi connectivity index (χ0n) is 10.8. The number of fused-ring (bicyclic) bond motifs is 2. The van der Waals surface area contributed by atoms with Gasteiger partial charge in [0.2, 0.25) is 0 Å². The topological polar surface area (TPSA) is 53.0 Å². The number of nitrogens with two attached hydrogens (primary N) is 1. The quantitative estimate of drug-likeness (QED) is 0.843. The minimum atomic E-state index is -0.440. The predicted octanol–water partition coefficient (Wildman–Crippen LogP) is 2.55. The lowest BCUT2D eigenvalue weighted by molar-refractivity contribution is 0.271. The summed E-state index contributed by atoms with van der Waals surface area (Å²) in [6, 6.07) is 7.96. The SMILES string of the molecule is N#Cc1cc(N2C3CCCC2CC(N)C3)ccc1F. The highest BCUT2D eigenvalue weighted by molar-refractivity contribution is 5.54. The highest BCUT2D eigenvalue weighted by Crippen LogP contribution is 2.37. The maximum absolute atomic E-state index is 13.4. The molecule has 1 aromatic rings. The number of rotatable bonds is 1. The molecule has 0 aromatic heterocycles. The van der Waals surface area contributed by atoms with Crippen molar-refractivity contribution in [1.29, 1.82) is 5.26 Å². The third-order valence-corrected chi connectivity index (χ3v) is 4.38. The molecule has 0 amide bonds. The van der Waals surface area contributed by atoms with Gasteiger partial charge in [-0.2, -0.15) is 5.26 Å². The largest absolute Gasteiger partial charge is 0.365 e. The van der Waals surface area contributed by atoms with E-state index in [9.17, 15) is 4.39 Å². The van der Waals surface area contributed by atoms with E-state index in [4.69, 9.17) is 11.0 Å². The zero-order chi connectivity index (χ0) is 13.4. The van der Waals surface area contributed by atoms with Crippen LogP contribution in [0.1, 0.15) is 37.7 Å². The molecule has 2 bridgehead atoms. The Hall–Kier alpha value is -1.60. The Kier molecular flexibility index (Phi) is 3.16. The molecule has 2 N–H and O–H groups in total. The smallest absolute Gasteiger partial charge is 0.141 e. The summed E-state index contributed by atoms with van der Waals surface area (Å²) in [6.07, 6.45) is 5.52. The third-order valence-electron chi connectivity index (χ3n) is 4.38. The average molecular weight is 259 g/mol. The van der Waals surface area contributed by atoms with E-state index >= 15 is 0 Å². The van der Waals surface area contributed by atoms with E-state index < -0.39 is 5.82 Å². The van der Waals surface area contributed by atoms with Crippen molar-refractivity contribution in [2.24, 2.45) is 5.73 Å². The van der Waals surface area contributed by atoms with Crippen molar-refractivity contribution >= 4 is 5.69 Å². The fourth-order valence-electron chi connectivity index (χ4n) is 3.60. The lowest BCUT2D eigenvalue weighted by atomic mass is 9.81. The monoisotopic (exact) mass is 259 g/mol. The van der Waals surface area contributed by atoms with Gasteiger partial charge in [0.15, 0.2) is 0 Å². The molecule has 2 heterocycles. The summed E-state index contributed by atoms with van der Waals surface area (Å²) in [4.78, 5) is 2.37. The van der Waals surface area contributed by atoms with Crippen LogP contribution in [-0.2, 0) is 0 Å². The van der Waals surface area contributed by atoms with Crippen LogP contribution in [0.15, 0.2) is 18.2 Å². The molecule has 2 saturated heterocycles. The van der Waals surface area contributed by atoms with Crippen LogP contribution in [0.25, 0.3) is 0 Å². The van der Waals surface area contributed by atoms with Gasteiger partial charge in [0.25, 0.3) is 0 Å². The van der Waals surface area contributed by atoms with Crippen molar-refractivity contribution in [3.8, 4) is 6.07 Å². The van der Waals surface area contributed by atoms with Crippen molar-refractivity contribution in [3.05, 3.63) is 29.6 Å². The van der Waals surface area contributed by atoms with E-state index in [-0.39, 0.29) is 11.6 Å². The molecular weight excluding hydrogens is 241 g/mol. The van der Waals surface area contributed by atoms with Gasteiger partial charge in [-0.25, -0.2) is 4.39 Å².